The lowest BCUT2D eigenvalue weighted by atomic mass is 10.1. The molecule has 0 aliphatic carbocycles. The molecule has 0 bridgehead atoms. The van der Waals surface area contributed by atoms with Crippen LogP contribution in [0, 0.1) is 0 Å². The Morgan fingerprint density at radius 2 is 2.17 bits per heavy atom. The van der Waals surface area contributed by atoms with E-state index in [2.05, 4.69) is 5.32 Å². The highest BCUT2D eigenvalue weighted by molar-refractivity contribution is 5.96. The number of phenols is 1. The second-order valence-corrected chi connectivity index (χ2v) is 3.70. The first-order valence-corrected chi connectivity index (χ1v) is 5.36. The predicted molar refractivity (Wildman–Crippen MR) is 63.5 cm³/mol. The van der Waals surface area contributed by atoms with Crippen molar-refractivity contribution >= 4 is 11.9 Å². The first-order valence-electron chi connectivity index (χ1n) is 5.36. The van der Waals surface area contributed by atoms with E-state index in [-0.39, 0.29) is 24.3 Å². The number of ether oxygens (including phenoxy) is 1. The number of phenolic OH excluding ortho intramolecular Hbond substituents is 1. The quantitative estimate of drug-likeness (QED) is 0.690. The van der Waals surface area contributed by atoms with Crippen LogP contribution in [-0.4, -0.2) is 41.8 Å². The minimum absolute atomic E-state index is 0.0496. The van der Waals surface area contributed by atoms with E-state index in [1.807, 2.05) is 0 Å². The third-order valence-electron chi connectivity index (χ3n) is 2.32. The minimum Gasteiger partial charge on any atom is -0.508 e. The molecule has 0 fully saturated rings. The number of amides is 1. The standard InChI is InChI=1S/C12H15NO5/c1-18-6-5-10(12(16)17)13-11(15)8-3-2-4-9(14)7-8/h2-4,7,10,14H,5-6H2,1H3,(H,13,15)(H,16,17). The van der Waals surface area contributed by atoms with Gasteiger partial charge in [-0.2, -0.15) is 0 Å². The molecule has 0 saturated heterocycles. The number of nitrogens with one attached hydrogen (secondary N) is 1. The molecule has 3 N–H and O–H groups in total. The van der Waals surface area contributed by atoms with Gasteiger partial charge in [-0.05, 0) is 18.2 Å². The molecule has 98 valence electrons. The van der Waals surface area contributed by atoms with Crippen LogP contribution in [0.15, 0.2) is 24.3 Å². The van der Waals surface area contributed by atoms with E-state index in [0.717, 1.165) is 0 Å². The molecule has 0 aliphatic rings. The summed E-state index contributed by atoms with van der Waals surface area (Å²) in [5, 5.41) is 20.5. The molecule has 0 aromatic heterocycles. The summed E-state index contributed by atoms with van der Waals surface area (Å²) in [5.74, 6) is -1.72. The summed E-state index contributed by atoms with van der Waals surface area (Å²) in [4.78, 5) is 22.7. The number of hydrogen-bond donors (Lipinski definition) is 3. The number of carboxylic acids is 1. The summed E-state index contributed by atoms with van der Waals surface area (Å²) in [7, 11) is 1.45. The number of benzene rings is 1. The zero-order chi connectivity index (χ0) is 13.5. The van der Waals surface area contributed by atoms with Gasteiger partial charge in [-0.25, -0.2) is 4.79 Å². The van der Waals surface area contributed by atoms with Gasteiger partial charge in [0.1, 0.15) is 11.8 Å². The topological polar surface area (TPSA) is 95.9 Å². The first kappa shape index (κ1) is 14.0. The Morgan fingerprint density at radius 3 is 2.72 bits per heavy atom. The van der Waals surface area contributed by atoms with E-state index in [1.165, 1.54) is 31.4 Å². The number of carbonyl (C=O) groups excluding carboxylic acids is 1. The van der Waals surface area contributed by atoms with Gasteiger partial charge in [-0.1, -0.05) is 6.07 Å². The van der Waals surface area contributed by atoms with E-state index >= 15 is 0 Å². The van der Waals surface area contributed by atoms with Crippen LogP contribution in [0.4, 0.5) is 0 Å². The van der Waals surface area contributed by atoms with Crippen molar-refractivity contribution < 1.29 is 24.5 Å². The van der Waals surface area contributed by atoms with Crippen LogP contribution in [0.3, 0.4) is 0 Å². The van der Waals surface area contributed by atoms with Crippen molar-refractivity contribution in [2.45, 2.75) is 12.5 Å². The zero-order valence-corrected chi connectivity index (χ0v) is 9.92. The molecule has 18 heavy (non-hydrogen) atoms. The molecule has 1 amide bonds. The molecule has 0 radical (unpaired) electrons. The highest BCUT2D eigenvalue weighted by atomic mass is 16.5. The van der Waals surface area contributed by atoms with Gasteiger partial charge < -0.3 is 20.3 Å². The van der Waals surface area contributed by atoms with Crippen LogP contribution >= 0.6 is 0 Å². The fourth-order valence-electron chi connectivity index (χ4n) is 1.38. The van der Waals surface area contributed by atoms with E-state index in [1.54, 1.807) is 0 Å². The fraction of sp³-hybridized carbons (Fsp3) is 0.333. The highest BCUT2D eigenvalue weighted by Gasteiger charge is 2.20. The Balaban J connectivity index is 2.69. The Hall–Kier alpha value is -2.08. The molecule has 1 rings (SSSR count). The van der Waals surface area contributed by atoms with Gasteiger partial charge in [0.25, 0.3) is 5.91 Å². The van der Waals surface area contributed by atoms with E-state index in [4.69, 9.17) is 9.84 Å². The monoisotopic (exact) mass is 253 g/mol. The fourth-order valence-corrected chi connectivity index (χ4v) is 1.38. The maximum Gasteiger partial charge on any atom is 0.326 e. The molecule has 0 spiro atoms. The summed E-state index contributed by atoms with van der Waals surface area (Å²) < 4.78 is 4.77. The van der Waals surface area contributed by atoms with Crippen molar-refractivity contribution in [2.24, 2.45) is 0 Å². The lowest BCUT2D eigenvalue weighted by molar-refractivity contribution is -0.139. The van der Waals surface area contributed by atoms with Crippen molar-refractivity contribution in [2.75, 3.05) is 13.7 Å². The number of carboxylic acid groups (broad SMARTS) is 1. The Labute approximate surface area is 104 Å². The molecular formula is C12H15NO5. The molecular weight excluding hydrogens is 238 g/mol. The van der Waals surface area contributed by atoms with Crippen molar-refractivity contribution in [1.82, 2.24) is 5.32 Å². The smallest absolute Gasteiger partial charge is 0.326 e. The molecule has 1 aromatic carbocycles. The van der Waals surface area contributed by atoms with Crippen molar-refractivity contribution in [1.29, 1.82) is 0 Å². The largest absolute Gasteiger partial charge is 0.508 e. The maximum atomic E-state index is 11.7. The number of carbonyl (C=O) groups is 2. The lowest BCUT2D eigenvalue weighted by Gasteiger charge is -2.14. The normalized spacial score (nSPS) is 11.8. The Kier molecular flexibility index (Phi) is 5.13. The number of hydrogen-bond acceptors (Lipinski definition) is 4. The van der Waals surface area contributed by atoms with E-state index in [9.17, 15) is 14.7 Å². The van der Waals surface area contributed by atoms with Crippen LogP contribution < -0.4 is 5.32 Å². The summed E-state index contributed by atoms with van der Waals surface area (Å²) in [5.41, 5.74) is 0.207. The van der Waals surface area contributed by atoms with Crippen molar-refractivity contribution in [3.63, 3.8) is 0 Å². The molecule has 1 atom stereocenters. The van der Waals surface area contributed by atoms with Gasteiger partial charge in [0.15, 0.2) is 0 Å². The molecule has 1 aromatic rings. The van der Waals surface area contributed by atoms with Gasteiger partial charge in [0.05, 0.1) is 0 Å². The number of aliphatic carboxylic acids is 1. The van der Waals surface area contributed by atoms with Crippen molar-refractivity contribution in [3.8, 4) is 5.75 Å². The summed E-state index contributed by atoms with van der Waals surface area (Å²) in [6.07, 6.45) is 0.177. The van der Waals surface area contributed by atoms with Crippen LogP contribution in [0.2, 0.25) is 0 Å². The number of aromatic hydroxyl groups is 1. The van der Waals surface area contributed by atoms with Crippen LogP contribution in [0.1, 0.15) is 16.8 Å². The van der Waals surface area contributed by atoms with Gasteiger partial charge in [-0.3, -0.25) is 4.79 Å². The molecule has 0 heterocycles. The molecule has 6 heteroatoms. The molecule has 0 saturated carbocycles. The lowest BCUT2D eigenvalue weighted by Crippen LogP contribution is -2.41. The third kappa shape index (κ3) is 4.06. The van der Waals surface area contributed by atoms with Crippen LogP contribution in [0.5, 0.6) is 5.75 Å². The van der Waals surface area contributed by atoms with Crippen LogP contribution in [-0.2, 0) is 9.53 Å². The first-order chi connectivity index (χ1) is 8.54. The minimum atomic E-state index is -1.12. The summed E-state index contributed by atoms with van der Waals surface area (Å²) in [6.45, 7) is 0.233. The van der Waals surface area contributed by atoms with Gasteiger partial charge in [-0.15, -0.1) is 0 Å². The second kappa shape index (κ2) is 6.61. The van der Waals surface area contributed by atoms with E-state index < -0.39 is 17.9 Å². The van der Waals surface area contributed by atoms with Gasteiger partial charge in [0.2, 0.25) is 0 Å². The third-order valence-corrected chi connectivity index (χ3v) is 2.32. The highest BCUT2D eigenvalue weighted by Crippen LogP contribution is 2.11. The SMILES string of the molecule is COCCC(NC(=O)c1cccc(O)c1)C(=O)O. The average Bonchev–Trinajstić information content (AvgIpc) is 2.33. The molecule has 0 aliphatic heterocycles. The molecule has 1 unspecified atom stereocenters. The number of methoxy groups -OCH3 is 1. The summed E-state index contributed by atoms with van der Waals surface area (Å²) >= 11 is 0. The maximum absolute atomic E-state index is 11.7. The number of rotatable bonds is 6. The summed E-state index contributed by atoms with van der Waals surface area (Å²) in [6, 6.07) is 4.68. The van der Waals surface area contributed by atoms with Gasteiger partial charge in [0, 0.05) is 25.7 Å². The van der Waals surface area contributed by atoms with Crippen molar-refractivity contribution in [3.05, 3.63) is 29.8 Å². The Bertz CT molecular complexity index is 432. The predicted octanol–water partition coefficient (Wildman–Crippen LogP) is 0.612. The van der Waals surface area contributed by atoms with Crippen LogP contribution in [0.25, 0.3) is 0 Å². The second-order valence-electron chi connectivity index (χ2n) is 3.70. The van der Waals surface area contributed by atoms with E-state index in [0.29, 0.717) is 0 Å². The zero-order valence-electron chi connectivity index (χ0n) is 9.92. The van der Waals surface area contributed by atoms with Gasteiger partial charge >= 0.3 is 5.97 Å². The molecule has 6 nitrogen and oxygen atoms in total. The Morgan fingerprint density at radius 1 is 1.44 bits per heavy atom. The average molecular weight is 253 g/mol.